The Morgan fingerprint density at radius 1 is 1.00 bits per heavy atom. The van der Waals surface area contributed by atoms with Crippen molar-refractivity contribution in [2.45, 2.75) is 0 Å². The number of nitro groups is 1. The molecule has 0 spiro atoms. The third kappa shape index (κ3) is 3.02. The van der Waals surface area contributed by atoms with Crippen molar-refractivity contribution in [3.8, 4) is 11.4 Å². The van der Waals surface area contributed by atoms with Crippen LogP contribution in [0, 0.1) is 10.1 Å². The van der Waals surface area contributed by atoms with Gasteiger partial charge in [0.05, 0.1) is 4.92 Å². The molecule has 0 atom stereocenters. The van der Waals surface area contributed by atoms with E-state index in [2.05, 4.69) is 15.3 Å². The van der Waals surface area contributed by atoms with Crippen LogP contribution in [0.2, 0.25) is 0 Å². The Morgan fingerprint density at radius 3 is 2.48 bits per heavy atom. The number of fused-ring (bicyclic) bond motifs is 1. The molecule has 25 heavy (non-hydrogen) atoms. The maximum atomic E-state index is 10.7. The van der Waals surface area contributed by atoms with Crippen LogP contribution in [-0.2, 0) is 0 Å². The predicted octanol–water partition coefficient (Wildman–Crippen LogP) is 3.93. The van der Waals surface area contributed by atoms with Crippen molar-refractivity contribution >= 4 is 34.1 Å². The van der Waals surface area contributed by atoms with Gasteiger partial charge in [0.15, 0.2) is 5.82 Å². The quantitative estimate of drug-likeness (QED) is 0.411. The zero-order valence-electron chi connectivity index (χ0n) is 12.8. The van der Waals surface area contributed by atoms with E-state index in [0.29, 0.717) is 10.8 Å². The first-order valence-corrected chi connectivity index (χ1v) is 8.22. The van der Waals surface area contributed by atoms with Crippen LogP contribution in [0.5, 0.6) is 0 Å². The summed E-state index contributed by atoms with van der Waals surface area (Å²) >= 11 is 1.42. The van der Waals surface area contributed by atoms with E-state index in [1.807, 2.05) is 42.5 Å². The fourth-order valence-corrected chi connectivity index (χ4v) is 3.08. The van der Waals surface area contributed by atoms with Crippen molar-refractivity contribution in [3.05, 3.63) is 75.3 Å². The number of hydrogen-bond acceptors (Lipinski definition) is 6. The largest absolute Gasteiger partial charge is 0.269 e. The summed E-state index contributed by atoms with van der Waals surface area (Å²) in [5, 5.41) is 24.3. The number of nitro benzene ring substituents is 1. The molecule has 0 saturated heterocycles. The van der Waals surface area contributed by atoms with Crippen molar-refractivity contribution in [3.63, 3.8) is 0 Å². The fraction of sp³-hybridized carbons (Fsp3) is 0. The monoisotopic (exact) mass is 349 g/mol. The first-order chi connectivity index (χ1) is 12.2. The molecule has 2 heterocycles. The van der Waals surface area contributed by atoms with Crippen molar-refractivity contribution in [2.75, 3.05) is 0 Å². The summed E-state index contributed by atoms with van der Waals surface area (Å²) in [6, 6.07) is 16.1. The zero-order valence-corrected chi connectivity index (χ0v) is 13.6. The van der Waals surface area contributed by atoms with Gasteiger partial charge in [0.1, 0.15) is 5.01 Å². The van der Waals surface area contributed by atoms with Gasteiger partial charge in [-0.05, 0) is 23.8 Å². The normalized spacial score (nSPS) is 11.4. The summed E-state index contributed by atoms with van der Waals surface area (Å²) in [4.78, 5) is 11.0. The first kappa shape index (κ1) is 15.2. The minimum atomic E-state index is -0.415. The van der Waals surface area contributed by atoms with Gasteiger partial charge in [-0.25, -0.2) is 0 Å². The van der Waals surface area contributed by atoms with E-state index >= 15 is 0 Å². The molecule has 0 amide bonds. The molecule has 0 aliphatic carbocycles. The SMILES string of the molecule is O=[N+]([O-])c1ccc(C=Cc2nn3c(-c4ccccc4)nnc3s2)cc1. The molecule has 122 valence electrons. The molecule has 0 saturated carbocycles. The highest BCUT2D eigenvalue weighted by Crippen LogP contribution is 2.22. The molecule has 0 aliphatic rings. The number of aromatic nitrogens is 4. The smallest absolute Gasteiger partial charge is 0.258 e. The van der Waals surface area contributed by atoms with Gasteiger partial charge < -0.3 is 0 Å². The number of non-ortho nitro benzene ring substituents is 1. The highest BCUT2D eigenvalue weighted by Gasteiger charge is 2.11. The second kappa shape index (κ2) is 6.25. The van der Waals surface area contributed by atoms with Crippen molar-refractivity contribution in [2.24, 2.45) is 0 Å². The van der Waals surface area contributed by atoms with E-state index < -0.39 is 4.92 Å². The van der Waals surface area contributed by atoms with Gasteiger partial charge in [-0.2, -0.15) is 9.61 Å². The van der Waals surface area contributed by atoms with Crippen LogP contribution in [0.25, 0.3) is 28.5 Å². The van der Waals surface area contributed by atoms with Crippen LogP contribution in [0.3, 0.4) is 0 Å². The maximum Gasteiger partial charge on any atom is 0.269 e. The van der Waals surface area contributed by atoms with Gasteiger partial charge in [0.2, 0.25) is 4.96 Å². The fourth-order valence-electron chi connectivity index (χ4n) is 2.34. The van der Waals surface area contributed by atoms with Crippen LogP contribution in [0.1, 0.15) is 10.6 Å². The summed E-state index contributed by atoms with van der Waals surface area (Å²) in [7, 11) is 0. The lowest BCUT2D eigenvalue weighted by atomic mass is 10.2. The van der Waals surface area contributed by atoms with Gasteiger partial charge in [-0.3, -0.25) is 10.1 Å². The molecule has 0 bridgehead atoms. The third-order valence-electron chi connectivity index (χ3n) is 3.56. The lowest BCUT2D eigenvalue weighted by Crippen LogP contribution is -1.90. The second-order valence-corrected chi connectivity index (χ2v) is 6.19. The molecule has 0 radical (unpaired) electrons. The Bertz CT molecular complexity index is 1070. The maximum absolute atomic E-state index is 10.7. The molecule has 0 fully saturated rings. The minimum absolute atomic E-state index is 0.0726. The summed E-state index contributed by atoms with van der Waals surface area (Å²) in [5.41, 5.74) is 1.88. The third-order valence-corrected chi connectivity index (χ3v) is 4.42. The Hall–Kier alpha value is -3.39. The Balaban J connectivity index is 1.62. The number of nitrogens with zero attached hydrogens (tertiary/aromatic N) is 5. The summed E-state index contributed by atoms with van der Waals surface area (Å²) in [5.74, 6) is 0.696. The van der Waals surface area contributed by atoms with E-state index in [1.54, 1.807) is 16.6 Å². The molecule has 0 N–H and O–H groups in total. The van der Waals surface area contributed by atoms with Crippen molar-refractivity contribution in [1.82, 2.24) is 19.8 Å². The second-order valence-electron chi connectivity index (χ2n) is 5.21. The lowest BCUT2D eigenvalue weighted by Gasteiger charge is -1.95. The lowest BCUT2D eigenvalue weighted by molar-refractivity contribution is -0.384. The molecule has 2 aromatic carbocycles. The molecule has 7 nitrogen and oxygen atoms in total. The highest BCUT2D eigenvalue weighted by molar-refractivity contribution is 7.17. The van der Waals surface area contributed by atoms with Crippen LogP contribution < -0.4 is 0 Å². The molecule has 0 unspecified atom stereocenters. The van der Waals surface area contributed by atoms with Crippen LogP contribution in [0.15, 0.2) is 54.6 Å². The molecule has 8 heteroatoms. The predicted molar refractivity (Wildman–Crippen MR) is 96.1 cm³/mol. The number of rotatable bonds is 4. The average Bonchev–Trinajstić information content (AvgIpc) is 3.21. The van der Waals surface area contributed by atoms with E-state index in [0.717, 1.165) is 16.1 Å². The molecular weight excluding hydrogens is 338 g/mol. The Morgan fingerprint density at radius 2 is 1.76 bits per heavy atom. The van der Waals surface area contributed by atoms with E-state index in [-0.39, 0.29) is 5.69 Å². The van der Waals surface area contributed by atoms with Crippen molar-refractivity contribution in [1.29, 1.82) is 0 Å². The number of hydrogen-bond donors (Lipinski definition) is 0. The zero-order chi connectivity index (χ0) is 17.2. The first-order valence-electron chi connectivity index (χ1n) is 7.41. The van der Waals surface area contributed by atoms with Crippen LogP contribution in [-0.4, -0.2) is 24.7 Å². The average molecular weight is 349 g/mol. The van der Waals surface area contributed by atoms with E-state index in [4.69, 9.17) is 0 Å². The number of benzene rings is 2. The van der Waals surface area contributed by atoms with Gasteiger partial charge in [-0.15, -0.1) is 10.2 Å². The van der Waals surface area contributed by atoms with Gasteiger partial charge in [-0.1, -0.05) is 47.7 Å². The van der Waals surface area contributed by atoms with Gasteiger partial charge in [0.25, 0.3) is 5.69 Å². The minimum Gasteiger partial charge on any atom is -0.258 e. The standard InChI is InChI=1S/C17H11N5O2S/c23-22(24)14-9-6-12(7-10-14)8-11-15-20-21-16(18-19-17(21)25-15)13-4-2-1-3-5-13/h1-11H. The molecular formula is C17H11N5O2S. The van der Waals surface area contributed by atoms with Crippen LogP contribution >= 0.6 is 11.3 Å². The molecule has 4 aromatic rings. The van der Waals surface area contributed by atoms with E-state index in [9.17, 15) is 10.1 Å². The Kier molecular flexibility index (Phi) is 3.79. The topological polar surface area (TPSA) is 86.2 Å². The Labute approximate surface area is 146 Å². The van der Waals surface area contributed by atoms with Crippen LogP contribution in [0.4, 0.5) is 5.69 Å². The summed E-state index contributed by atoms with van der Waals surface area (Å²) < 4.78 is 1.72. The van der Waals surface area contributed by atoms with Gasteiger partial charge in [0, 0.05) is 17.7 Å². The van der Waals surface area contributed by atoms with Crippen molar-refractivity contribution < 1.29 is 4.92 Å². The van der Waals surface area contributed by atoms with E-state index in [1.165, 1.54) is 23.5 Å². The summed E-state index contributed by atoms with van der Waals surface area (Å²) in [6.45, 7) is 0. The summed E-state index contributed by atoms with van der Waals surface area (Å²) in [6.07, 6.45) is 3.72. The molecule has 2 aromatic heterocycles. The molecule has 0 aliphatic heterocycles. The van der Waals surface area contributed by atoms with Gasteiger partial charge >= 0.3 is 0 Å². The highest BCUT2D eigenvalue weighted by atomic mass is 32.1. The molecule has 4 rings (SSSR count).